The van der Waals surface area contributed by atoms with Crippen molar-refractivity contribution in [2.75, 3.05) is 6.54 Å². The number of amides is 3. The van der Waals surface area contributed by atoms with Crippen LogP contribution in [0.4, 0.5) is 4.79 Å². The van der Waals surface area contributed by atoms with Gasteiger partial charge in [0.25, 0.3) is 0 Å². The summed E-state index contributed by atoms with van der Waals surface area (Å²) >= 11 is 0. The van der Waals surface area contributed by atoms with Crippen molar-refractivity contribution in [1.82, 2.24) is 10.2 Å². The molecule has 1 aliphatic heterocycles. The lowest BCUT2D eigenvalue weighted by atomic mass is 9.93. The molecule has 1 saturated carbocycles. The van der Waals surface area contributed by atoms with Crippen LogP contribution in [0.3, 0.4) is 0 Å². The molecule has 0 aromatic carbocycles. The fourth-order valence-electron chi connectivity index (χ4n) is 3.22. The summed E-state index contributed by atoms with van der Waals surface area (Å²) < 4.78 is 0. The second-order valence-corrected chi connectivity index (χ2v) is 6.17. The van der Waals surface area contributed by atoms with E-state index in [1.807, 2.05) is 6.92 Å². The zero-order chi connectivity index (χ0) is 15.6. The molecule has 0 spiro atoms. The number of piperidine rings is 1. The van der Waals surface area contributed by atoms with Crippen molar-refractivity contribution in [3.63, 3.8) is 0 Å². The fraction of sp³-hybridized carbons (Fsp3) is 0.786. The second-order valence-electron chi connectivity index (χ2n) is 6.17. The summed E-state index contributed by atoms with van der Waals surface area (Å²) in [5, 5.41) is 11.9. The molecule has 0 radical (unpaired) electrons. The maximum absolute atomic E-state index is 12.3. The molecule has 118 valence electrons. The molecule has 0 aromatic rings. The molecule has 2 aliphatic rings. The van der Waals surface area contributed by atoms with Gasteiger partial charge >= 0.3 is 12.0 Å². The van der Waals surface area contributed by atoms with Crippen LogP contribution in [-0.2, 0) is 9.59 Å². The number of nitrogens with two attached hydrogens (primary N) is 1. The molecule has 21 heavy (non-hydrogen) atoms. The van der Waals surface area contributed by atoms with Crippen LogP contribution in [0, 0.1) is 11.8 Å². The van der Waals surface area contributed by atoms with Crippen LogP contribution < -0.4 is 11.1 Å². The molecule has 7 nitrogen and oxygen atoms in total. The van der Waals surface area contributed by atoms with E-state index in [0.717, 1.165) is 6.42 Å². The highest BCUT2D eigenvalue weighted by Crippen LogP contribution is 2.27. The van der Waals surface area contributed by atoms with Crippen molar-refractivity contribution in [3.05, 3.63) is 0 Å². The van der Waals surface area contributed by atoms with E-state index in [9.17, 15) is 14.4 Å². The molecular weight excluding hydrogens is 274 g/mol. The normalized spacial score (nSPS) is 32.7. The van der Waals surface area contributed by atoms with E-state index in [1.165, 1.54) is 0 Å². The van der Waals surface area contributed by atoms with Crippen molar-refractivity contribution in [3.8, 4) is 0 Å². The molecule has 0 aromatic heterocycles. The summed E-state index contributed by atoms with van der Waals surface area (Å²) in [6.45, 7) is 2.29. The van der Waals surface area contributed by atoms with E-state index in [1.54, 1.807) is 4.90 Å². The van der Waals surface area contributed by atoms with Crippen molar-refractivity contribution in [2.45, 2.75) is 51.1 Å². The number of hydrogen-bond donors (Lipinski definition) is 3. The van der Waals surface area contributed by atoms with Gasteiger partial charge in [-0.1, -0.05) is 0 Å². The zero-order valence-corrected chi connectivity index (χ0v) is 12.2. The highest BCUT2D eigenvalue weighted by Gasteiger charge is 2.35. The van der Waals surface area contributed by atoms with Gasteiger partial charge in [-0.3, -0.25) is 9.59 Å². The first-order chi connectivity index (χ1) is 9.88. The third-order valence-electron chi connectivity index (χ3n) is 4.65. The van der Waals surface area contributed by atoms with Gasteiger partial charge in [0.2, 0.25) is 5.91 Å². The molecule has 0 bridgehead atoms. The van der Waals surface area contributed by atoms with E-state index >= 15 is 0 Å². The number of carboxylic acid groups (broad SMARTS) is 1. The number of nitrogens with one attached hydrogen (secondary N) is 1. The Kier molecular flexibility index (Phi) is 4.69. The molecule has 4 N–H and O–H groups in total. The average molecular weight is 297 g/mol. The SMILES string of the molecule is CC1CCC(C(N)=O)CN1C(=O)N[C@H]1CC[C@@H](C(=O)O)C1. The minimum absolute atomic E-state index is 0.0669. The van der Waals surface area contributed by atoms with Crippen LogP contribution in [0.5, 0.6) is 0 Å². The Morgan fingerprint density at radius 1 is 1.14 bits per heavy atom. The summed E-state index contributed by atoms with van der Waals surface area (Å²) in [7, 11) is 0. The van der Waals surface area contributed by atoms with Gasteiger partial charge in [0, 0.05) is 18.6 Å². The Labute approximate surface area is 123 Å². The Bertz CT molecular complexity index is 440. The molecule has 2 unspecified atom stereocenters. The molecule has 1 aliphatic carbocycles. The number of nitrogens with zero attached hydrogens (tertiary/aromatic N) is 1. The number of hydrogen-bond acceptors (Lipinski definition) is 3. The largest absolute Gasteiger partial charge is 0.481 e. The van der Waals surface area contributed by atoms with Gasteiger partial charge in [0.05, 0.1) is 11.8 Å². The maximum Gasteiger partial charge on any atom is 0.317 e. The summed E-state index contributed by atoms with van der Waals surface area (Å²) in [4.78, 5) is 36.2. The van der Waals surface area contributed by atoms with Crippen LogP contribution in [0.15, 0.2) is 0 Å². The zero-order valence-electron chi connectivity index (χ0n) is 12.2. The van der Waals surface area contributed by atoms with Gasteiger partial charge in [0.1, 0.15) is 0 Å². The maximum atomic E-state index is 12.3. The molecule has 3 amide bonds. The van der Waals surface area contributed by atoms with Crippen LogP contribution in [0.1, 0.15) is 39.0 Å². The van der Waals surface area contributed by atoms with Gasteiger partial charge in [0.15, 0.2) is 0 Å². The van der Waals surface area contributed by atoms with Crippen molar-refractivity contribution >= 4 is 17.9 Å². The first kappa shape index (κ1) is 15.6. The molecular formula is C14H23N3O4. The standard InChI is InChI=1S/C14H23N3O4/c1-8-2-3-10(12(15)18)7-17(8)14(21)16-11-5-4-9(6-11)13(19)20/h8-11H,2-7H2,1H3,(H2,15,18)(H,16,21)(H,19,20)/t8?,9-,10?,11+/m1/s1. The predicted octanol–water partition coefficient (Wildman–Crippen LogP) is 0.535. The summed E-state index contributed by atoms with van der Waals surface area (Å²) in [6, 6.07) is -0.249. The lowest BCUT2D eigenvalue weighted by molar-refractivity contribution is -0.141. The van der Waals surface area contributed by atoms with E-state index in [0.29, 0.717) is 32.2 Å². The van der Waals surface area contributed by atoms with Crippen LogP contribution >= 0.6 is 0 Å². The lowest BCUT2D eigenvalue weighted by Gasteiger charge is -2.37. The van der Waals surface area contributed by atoms with E-state index < -0.39 is 5.97 Å². The lowest BCUT2D eigenvalue weighted by Crippen LogP contribution is -2.53. The molecule has 1 saturated heterocycles. The minimum atomic E-state index is -0.799. The van der Waals surface area contributed by atoms with Crippen molar-refractivity contribution < 1.29 is 19.5 Å². The average Bonchev–Trinajstić information content (AvgIpc) is 2.87. The van der Waals surface area contributed by atoms with E-state index in [-0.39, 0.29) is 35.9 Å². The van der Waals surface area contributed by atoms with Crippen molar-refractivity contribution in [1.29, 1.82) is 0 Å². The van der Waals surface area contributed by atoms with Gasteiger partial charge in [-0.25, -0.2) is 4.79 Å². The van der Waals surface area contributed by atoms with E-state index in [4.69, 9.17) is 10.8 Å². The third-order valence-corrected chi connectivity index (χ3v) is 4.65. The first-order valence-electron chi connectivity index (χ1n) is 7.47. The van der Waals surface area contributed by atoms with Gasteiger partial charge < -0.3 is 21.1 Å². The molecule has 2 rings (SSSR count). The number of aliphatic carboxylic acids is 1. The quantitative estimate of drug-likeness (QED) is 0.705. The second kappa shape index (κ2) is 6.32. The number of rotatable bonds is 3. The molecule has 4 atom stereocenters. The van der Waals surface area contributed by atoms with Crippen molar-refractivity contribution in [2.24, 2.45) is 17.6 Å². The van der Waals surface area contributed by atoms with Gasteiger partial charge in [-0.2, -0.15) is 0 Å². The predicted molar refractivity (Wildman–Crippen MR) is 75.4 cm³/mol. The van der Waals surface area contributed by atoms with Crippen LogP contribution in [0.25, 0.3) is 0 Å². The highest BCUT2D eigenvalue weighted by molar-refractivity contribution is 5.80. The topological polar surface area (TPSA) is 113 Å². The Balaban J connectivity index is 1.90. The third kappa shape index (κ3) is 3.65. The number of urea groups is 1. The summed E-state index contributed by atoms with van der Waals surface area (Å²) in [5.41, 5.74) is 5.33. The Hall–Kier alpha value is -1.79. The Morgan fingerprint density at radius 3 is 2.38 bits per heavy atom. The minimum Gasteiger partial charge on any atom is -0.481 e. The number of carbonyl (C=O) groups excluding carboxylic acids is 2. The number of carbonyl (C=O) groups is 3. The monoisotopic (exact) mass is 297 g/mol. The smallest absolute Gasteiger partial charge is 0.317 e. The fourth-order valence-corrected chi connectivity index (χ4v) is 3.22. The van der Waals surface area contributed by atoms with Crippen LogP contribution in [-0.4, -0.2) is 46.5 Å². The number of primary amides is 1. The summed E-state index contributed by atoms with van der Waals surface area (Å²) in [6.07, 6.45) is 3.22. The molecule has 1 heterocycles. The molecule has 7 heteroatoms. The molecule has 2 fully saturated rings. The van der Waals surface area contributed by atoms with Gasteiger partial charge in [-0.05, 0) is 39.0 Å². The first-order valence-corrected chi connectivity index (χ1v) is 7.47. The number of carboxylic acids is 1. The van der Waals surface area contributed by atoms with Crippen LogP contribution in [0.2, 0.25) is 0 Å². The highest BCUT2D eigenvalue weighted by atomic mass is 16.4. The summed E-state index contributed by atoms with van der Waals surface area (Å²) in [5.74, 6) is -1.83. The van der Waals surface area contributed by atoms with E-state index in [2.05, 4.69) is 5.32 Å². The number of likely N-dealkylation sites (tertiary alicyclic amines) is 1. The Morgan fingerprint density at radius 2 is 1.81 bits per heavy atom. The van der Waals surface area contributed by atoms with Gasteiger partial charge in [-0.15, -0.1) is 0 Å².